The Bertz CT molecular complexity index is 1070. The predicted molar refractivity (Wildman–Crippen MR) is 117 cm³/mol. The highest BCUT2D eigenvalue weighted by Crippen LogP contribution is 2.25. The van der Waals surface area contributed by atoms with Gasteiger partial charge < -0.3 is 19.8 Å². The molecule has 1 unspecified atom stereocenters. The van der Waals surface area contributed by atoms with Crippen molar-refractivity contribution in [1.29, 1.82) is 0 Å². The van der Waals surface area contributed by atoms with E-state index in [1.807, 2.05) is 62.4 Å². The molecule has 2 aromatic carbocycles. The normalized spacial score (nSPS) is 11.5. The van der Waals surface area contributed by atoms with Crippen molar-refractivity contribution in [3.63, 3.8) is 0 Å². The molecule has 0 aliphatic rings. The molecule has 0 bridgehead atoms. The Morgan fingerprint density at radius 1 is 0.968 bits per heavy atom. The number of anilines is 1. The van der Waals surface area contributed by atoms with Crippen LogP contribution in [-0.4, -0.2) is 30.4 Å². The van der Waals surface area contributed by atoms with E-state index in [9.17, 15) is 14.4 Å². The first kappa shape index (κ1) is 21.8. The molecule has 0 aliphatic heterocycles. The third kappa shape index (κ3) is 5.39. The molecule has 0 spiro atoms. The third-order valence-corrected chi connectivity index (χ3v) is 4.76. The average molecular weight is 420 g/mol. The standard InChI is InChI=1S/C24H24N2O5/c1-15-8-7-9-16(2)21(15)26-20(27)14-25-23(28)17(3)31-24(29)22-19(12-13-30-22)18-10-5-4-6-11-18/h4-13,17H,14H2,1-3H3,(H,25,28)(H,26,27). The van der Waals surface area contributed by atoms with Crippen LogP contribution in [-0.2, 0) is 14.3 Å². The van der Waals surface area contributed by atoms with Gasteiger partial charge in [0.05, 0.1) is 12.8 Å². The second-order valence-corrected chi connectivity index (χ2v) is 7.11. The Hall–Kier alpha value is -3.87. The first-order valence-electron chi connectivity index (χ1n) is 9.84. The number of carbonyl (C=O) groups is 3. The van der Waals surface area contributed by atoms with Crippen LogP contribution in [0.25, 0.3) is 11.1 Å². The van der Waals surface area contributed by atoms with E-state index < -0.39 is 18.0 Å². The molecule has 2 N–H and O–H groups in total. The molecule has 1 atom stereocenters. The fourth-order valence-corrected chi connectivity index (χ4v) is 3.09. The summed E-state index contributed by atoms with van der Waals surface area (Å²) in [5.41, 5.74) is 3.94. The maximum absolute atomic E-state index is 12.5. The topological polar surface area (TPSA) is 97.6 Å². The minimum absolute atomic E-state index is 0.0126. The summed E-state index contributed by atoms with van der Waals surface area (Å²) >= 11 is 0. The minimum atomic E-state index is -1.10. The highest BCUT2D eigenvalue weighted by molar-refractivity contribution is 5.98. The lowest BCUT2D eigenvalue weighted by atomic mass is 10.1. The number of carbonyl (C=O) groups excluding carboxylic acids is 3. The molecule has 2 amide bonds. The van der Waals surface area contributed by atoms with Crippen molar-refractivity contribution in [3.05, 3.63) is 77.7 Å². The van der Waals surface area contributed by atoms with E-state index >= 15 is 0 Å². The quantitative estimate of drug-likeness (QED) is 0.566. The number of ether oxygens (including phenoxy) is 1. The van der Waals surface area contributed by atoms with E-state index in [4.69, 9.17) is 9.15 Å². The summed E-state index contributed by atoms with van der Waals surface area (Å²) in [5.74, 6) is -1.70. The first-order valence-corrected chi connectivity index (χ1v) is 9.84. The molecule has 31 heavy (non-hydrogen) atoms. The number of aryl methyl sites for hydroxylation is 2. The highest BCUT2D eigenvalue weighted by Gasteiger charge is 2.24. The second-order valence-electron chi connectivity index (χ2n) is 7.11. The van der Waals surface area contributed by atoms with Gasteiger partial charge in [-0.1, -0.05) is 48.5 Å². The minimum Gasteiger partial charge on any atom is -0.457 e. The van der Waals surface area contributed by atoms with Crippen LogP contribution in [0.5, 0.6) is 0 Å². The van der Waals surface area contributed by atoms with E-state index in [1.54, 1.807) is 6.07 Å². The number of rotatable bonds is 7. The van der Waals surface area contributed by atoms with Crippen molar-refractivity contribution < 1.29 is 23.5 Å². The lowest BCUT2D eigenvalue weighted by molar-refractivity contribution is -0.130. The summed E-state index contributed by atoms with van der Waals surface area (Å²) in [5, 5.41) is 5.26. The number of esters is 1. The summed E-state index contributed by atoms with van der Waals surface area (Å²) in [4.78, 5) is 37.0. The Labute approximate surface area is 180 Å². The fourth-order valence-electron chi connectivity index (χ4n) is 3.09. The van der Waals surface area contributed by atoms with E-state index in [-0.39, 0.29) is 18.2 Å². The number of hydrogen-bond donors (Lipinski definition) is 2. The van der Waals surface area contributed by atoms with E-state index in [0.717, 1.165) is 16.7 Å². The van der Waals surface area contributed by atoms with Crippen LogP contribution < -0.4 is 10.6 Å². The van der Waals surface area contributed by atoms with Crippen molar-refractivity contribution in [1.82, 2.24) is 5.32 Å². The van der Waals surface area contributed by atoms with Gasteiger partial charge in [0.15, 0.2) is 6.10 Å². The molecule has 0 fully saturated rings. The smallest absolute Gasteiger partial charge is 0.375 e. The van der Waals surface area contributed by atoms with Crippen LogP contribution in [0.4, 0.5) is 5.69 Å². The number of furan rings is 1. The van der Waals surface area contributed by atoms with Gasteiger partial charge in [-0.3, -0.25) is 9.59 Å². The van der Waals surface area contributed by atoms with Crippen molar-refractivity contribution in [2.45, 2.75) is 26.9 Å². The zero-order valence-electron chi connectivity index (χ0n) is 17.6. The maximum atomic E-state index is 12.5. The van der Waals surface area contributed by atoms with E-state index in [0.29, 0.717) is 11.3 Å². The molecule has 0 aliphatic carbocycles. The molecule has 3 aromatic rings. The molecule has 0 saturated heterocycles. The van der Waals surface area contributed by atoms with Gasteiger partial charge >= 0.3 is 5.97 Å². The van der Waals surface area contributed by atoms with Crippen molar-refractivity contribution >= 4 is 23.5 Å². The number of benzene rings is 2. The summed E-state index contributed by atoms with van der Waals surface area (Å²) in [6.45, 7) is 4.97. The van der Waals surface area contributed by atoms with Crippen LogP contribution >= 0.6 is 0 Å². The summed E-state index contributed by atoms with van der Waals surface area (Å²) < 4.78 is 10.5. The van der Waals surface area contributed by atoms with Gasteiger partial charge in [-0.05, 0) is 43.5 Å². The molecule has 1 aromatic heterocycles. The van der Waals surface area contributed by atoms with Gasteiger partial charge in [0.2, 0.25) is 11.7 Å². The van der Waals surface area contributed by atoms with Crippen molar-refractivity contribution in [2.24, 2.45) is 0 Å². The largest absolute Gasteiger partial charge is 0.457 e. The lowest BCUT2D eigenvalue weighted by Crippen LogP contribution is -2.40. The molecule has 3 rings (SSSR count). The predicted octanol–water partition coefficient (Wildman–Crippen LogP) is 3.86. The van der Waals surface area contributed by atoms with Crippen molar-refractivity contribution in [2.75, 3.05) is 11.9 Å². The van der Waals surface area contributed by atoms with Crippen LogP contribution in [0, 0.1) is 13.8 Å². The Morgan fingerprint density at radius 3 is 2.32 bits per heavy atom. The summed E-state index contributed by atoms with van der Waals surface area (Å²) in [6.07, 6.45) is 0.288. The molecule has 0 saturated carbocycles. The van der Waals surface area contributed by atoms with E-state index in [2.05, 4.69) is 10.6 Å². The first-order chi connectivity index (χ1) is 14.9. The van der Waals surface area contributed by atoms with Crippen LogP contribution in [0.2, 0.25) is 0 Å². The SMILES string of the molecule is Cc1cccc(C)c1NC(=O)CNC(=O)C(C)OC(=O)c1occc1-c1ccccc1. The molecule has 7 heteroatoms. The second kappa shape index (κ2) is 9.75. The summed E-state index contributed by atoms with van der Waals surface area (Å²) in [7, 11) is 0. The number of amides is 2. The van der Waals surface area contributed by atoms with Crippen LogP contribution in [0.3, 0.4) is 0 Å². The fraction of sp³-hybridized carbons (Fsp3) is 0.208. The van der Waals surface area contributed by atoms with E-state index in [1.165, 1.54) is 13.2 Å². The number of nitrogens with one attached hydrogen (secondary N) is 2. The van der Waals surface area contributed by atoms with Gasteiger partial charge in [0, 0.05) is 11.3 Å². The van der Waals surface area contributed by atoms with Gasteiger partial charge in [0.1, 0.15) is 0 Å². The van der Waals surface area contributed by atoms with Gasteiger partial charge in [-0.15, -0.1) is 0 Å². The molecular weight excluding hydrogens is 396 g/mol. The zero-order valence-corrected chi connectivity index (χ0v) is 17.6. The average Bonchev–Trinajstić information content (AvgIpc) is 3.25. The summed E-state index contributed by atoms with van der Waals surface area (Å²) in [6, 6.07) is 16.6. The number of para-hydroxylation sites is 1. The monoisotopic (exact) mass is 420 g/mol. The Morgan fingerprint density at radius 2 is 1.65 bits per heavy atom. The third-order valence-electron chi connectivity index (χ3n) is 4.76. The van der Waals surface area contributed by atoms with Crippen molar-refractivity contribution in [3.8, 4) is 11.1 Å². The Balaban J connectivity index is 1.55. The van der Waals surface area contributed by atoms with Gasteiger partial charge in [0.25, 0.3) is 5.91 Å². The van der Waals surface area contributed by atoms with Gasteiger partial charge in [-0.25, -0.2) is 4.79 Å². The molecule has 7 nitrogen and oxygen atoms in total. The number of hydrogen-bond acceptors (Lipinski definition) is 5. The highest BCUT2D eigenvalue weighted by atomic mass is 16.6. The van der Waals surface area contributed by atoms with Crippen LogP contribution in [0.1, 0.15) is 28.6 Å². The molecule has 0 radical (unpaired) electrons. The maximum Gasteiger partial charge on any atom is 0.375 e. The molecule has 1 heterocycles. The Kier molecular flexibility index (Phi) is 6.87. The molecule has 160 valence electrons. The lowest BCUT2D eigenvalue weighted by Gasteiger charge is -2.14. The molecular formula is C24H24N2O5. The van der Waals surface area contributed by atoms with Gasteiger partial charge in [-0.2, -0.15) is 0 Å². The zero-order chi connectivity index (χ0) is 22.4. The van der Waals surface area contributed by atoms with Crippen LogP contribution in [0.15, 0.2) is 65.3 Å².